The van der Waals surface area contributed by atoms with Crippen molar-refractivity contribution in [3.63, 3.8) is 0 Å². The number of fused-ring (bicyclic) bond motifs is 2. The largest absolute Gasteiger partial charge is 0.489 e. The second kappa shape index (κ2) is 16.9. The molecule has 12 nitrogen and oxygen atoms in total. The average Bonchev–Trinajstić information content (AvgIpc) is 3.79. The van der Waals surface area contributed by atoms with Crippen LogP contribution in [0, 0.1) is 0 Å². The van der Waals surface area contributed by atoms with E-state index in [2.05, 4.69) is 48.7 Å². The van der Waals surface area contributed by atoms with Gasteiger partial charge in [-0.15, -0.1) is 0 Å². The summed E-state index contributed by atoms with van der Waals surface area (Å²) < 4.78 is 22.8. The van der Waals surface area contributed by atoms with Gasteiger partial charge in [0.25, 0.3) is 11.8 Å². The maximum Gasteiger partial charge on any atom is 0.322 e. The SMILES string of the molecule is CC(C)Oc1ccc(-c2nc(-c3ccc4c(c3)CCCN(C(C(=O)O)C3NCCCc5cc(-c6noc(-c7ccc(OC(C)C)c(Cl)c7)n6)ccc53)C4)no2)cc1Cl. The summed E-state index contributed by atoms with van der Waals surface area (Å²) in [7, 11) is 0. The molecule has 14 heteroatoms. The van der Waals surface area contributed by atoms with Crippen molar-refractivity contribution in [3.8, 4) is 57.2 Å². The molecule has 4 heterocycles. The fraction of sp³-hybridized carbons (Fsp3) is 0.341. The van der Waals surface area contributed by atoms with Crippen LogP contribution in [0.2, 0.25) is 10.0 Å². The van der Waals surface area contributed by atoms with Crippen LogP contribution in [-0.2, 0) is 24.2 Å². The monoisotopic (exact) mass is 822 g/mol. The number of benzene rings is 4. The Morgan fingerprint density at radius 1 is 0.741 bits per heavy atom. The van der Waals surface area contributed by atoms with Crippen LogP contribution in [-0.4, -0.2) is 67.6 Å². The Morgan fingerprint density at radius 3 is 1.86 bits per heavy atom. The van der Waals surface area contributed by atoms with Crippen molar-refractivity contribution in [1.82, 2.24) is 30.5 Å². The summed E-state index contributed by atoms with van der Waals surface area (Å²) in [4.78, 5) is 24.7. The number of carboxylic acids is 1. The van der Waals surface area contributed by atoms with Crippen molar-refractivity contribution in [1.29, 1.82) is 0 Å². The minimum Gasteiger partial charge on any atom is -0.489 e. The van der Waals surface area contributed by atoms with Gasteiger partial charge in [0.15, 0.2) is 0 Å². The first kappa shape index (κ1) is 39.6. The van der Waals surface area contributed by atoms with Gasteiger partial charge >= 0.3 is 5.97 Å². The summed E-state index contributed by atoms with van der Waals surface area (Å²) in [6.07, 6.45) is 3.20. The Hall–Kier alpha value is -5.27. The number of rotatable bonds is 11. The van der Waals surface area contributed by atoms with Crippen molar-refractivity contribution in [2.45, 2.75) is 84.2 Å². The molecule has 0 fully saturated rings. The number of ether oxygens (including phenoxy) is 2. The molecule has 4 aromatic carbocycles. The number of aryl methyl sites for hydroxylation is 2. The highest BCUT2D eigenvalue weighted by Gasteiger charge is 2.37. The number of hydrogen-bond donors (Lipinski definition) is 2. The van der Waals surface area contributed by atoms with Crippen molar-refractivity contribution in [2.24, 2.45) is 0 Å². The topological polar surface area (TPSA) is 149 Å². The second-order valence-electron chi connectivity index (χ2n) is 15.3. The predicted octanol–water partition coefficient (Wildman–Crippen LogP) is 9.48. The second-order valence-corrected chi connectivity index (χ2v) is 16.1. The van der Waals surface area contributed by atoms with E-state index in [4.69, 9.17) is 41.7 Å². The van der Waals surface area contributed by atoms with E-state index in [1.165, 1.54) is 0 Å². The molecule has 2 atom stereocenters. The van der Waals surface area contributed by atoms with E-state index >= 15 is 0 Å². The summed E-state index contributed by atoms with van der Waals surface area (Å²) in [6.45, 7) is 9.56. The number of aromatic nitrogens is 4. The third kappa shape index (κ3) is 8.47. The van der Waals surface area contributed by atoms with Crippen molar-refractivity contribution in [3.05, 3.63) is 105 Å². The summed E-state index contributed by atoms with van der Waals surface area (Å²) in [6, 6.07) is 21.7. The fourth-order valence-electron chi connectivity index (χ4n) is 7.75. The molecule has 2 N–H and O–H groups in total. The van der Waals surface area contributed by atoms with Crippen LogP contribution in [0.25, 0.3) is 45.7 Å². The van der Waals surface area contributed by atoms with Gasteiger partial charge in [-0.3, -0.25) is 9.69 Å². The molecule has 0 aliphatic carbocycles. The maximum atomic E-state index is 13.2. The molecule has 0 bridgehead atoms. The molecular formula is C44H44Cl2N6O6. The van der Waals surface area contributed by atoms with Crippen LogP contribution in [0.15, 0.2) is 81.8 Å². The first-order valence-corrected chi connectivity index (χ1v) is 20.3. The molecule has 2 aromatic heterocycles. The molecule has 2 aliphatic heterocycles. The van der Waals surface area contributed by atoms with Crippen LogP contribution >= 0.6 is 23.2 Å². The molecule has 2 unspecified atom stereocenters. The number of hydrogen-bond acceptors (Lipinski definition) is 11. The van der Waals surface area contributed by atoms with Gasteiger partial charge in [0.05, 0.1) is 28.3 Å². The maximum absolute atomic E-state index is 13.2. The Kier molecular flexibility index (Phi) is 11.5. The quantitative estimate of drug-likeness (QED) is 0.128. The Morgan fingerprint density at radius 2 is 1.29 bits per heavy atom. The highest BCUT2D eigenvalue weighted by Crippen LogP contribution is 2.36. The van der Waals surface area contributed by atoms with E-state index in [9.17, 15) is 9.90 Å². The van der Waals surface area contributed by atoms with Gasteiger partial charge in [-0.2, -0.15) is 9.97 Å². The highest BCUT2D eigenvalue weighted by atomic mass is 35.5. The van der Waals surface area contributed by atoms with Gasteiger partial charge in [-0.1, -0.05) is 57.8 Å². The number of nitrogens with one attached hydrogen (secondary N) is 1. The zero-order chi connectivity index (χ0) is 40.5. The normalized spacial score (nSPS) is 16.4. The molecule has 0 saturated carbocycles. The summed E-state index contributed by atoms with van der Waals surface area (Å²) in [5.41, 5.74) is 7.22. The molecule has 0 saturated heterocycles. The third-order valence-electron chi connectivity index (χ3n) is 10.3. The lowest BCUT2D eigenvalue weighted by Crippen LogP contribution is -2.49. The van der Waals surface area contributed by atoms with Crippen LogP contribution in [0.3, 0.4) is 0 Å². The van der Waals surface area contributed by atoms with E-state index < -0.39 is 18.1 Å². The van der Waals surface area contributed by atoms with Crippen LogP contribution < -0.4 is 14.8 Å². The van der Waals surface area contributed by atoms with Crippen molar-refractivity contribution in [2.75, 3.05) is 13.1 Å². The van der Waals surface area contributed by atoms with Crippen LogP contribution in [0.5, 0.6) is 11.5 Å². The molecule has 2 aliphatic rings. The first-order chi connectivity index (χ1) is 28.0. The predicted molar refractivity (Wildman–Crippen MR) is 221 cm³/mol. The zero-order valence-corrected chi connectivity index (χ0v) is 34.2. The van der Waals surface area contributed by atoms with Gasteiger partial charge < -0.3 is 28.9 Å². The van der Waals surface area contributed by atoms with E-state index in [1.807, 2.05) is 58.0 Å². The zero-order valence-electron chi connectivity index (χ0n) is 32.7. The number of halogens is 2. The van der Waals surface area contributed by atoms with Gasteiger partial charge in [-0.25, -0.2) is 0 Å². The number of aliphatic carboxylic acids is 1. The van der Waals surface area contributed by atoms with Gasteiger partial charge in [0, 0.05) is 28.8 Å². The molecule has 58 heavy (non-hydrogen) atoms. The average molecular weight is 824 g/mol. The minimum absolute atomic E-state index is 0.00493. The van der Waals surface area contributed by atoms with Gasteiger partial charge in [0.1, 0.15) is 17.5 Å². The fourth-order valence-corrected chi connectivity index (χ4v) is 8.20. The van der Waals surface area contributed by atoms with E-state index in [0.717, 1.165) is 59.1 Å². The standard InChI is InChI=1S/C44H44Cl2N6O6/c1-24(2)55-36-15-12-30(21-34(36)45)42-48-40(50-57-42)28-9-10-32-23-52(18-6-8-26(32)19-28)39(44(53)54)38-33-14-11-29(20-27(33)7-5-17-47-38)41-49-43(58-51-41)31-13-16-37(35(46)22-31)56-25(3)4/h9-16,19-22,24-25,38-39,47H,5-8,17-18,23H2,1-4H3,(H,53,54). The van der Waals surface area contributed by atoms with Gasteiger partial charge in [-0.05, 0) is 137 Å². The number of carbonyl (C=O) groups is 1. The van der Waals surface area contributed by atoms with Gasteiger partial charge in [0.2, 0.25) is 11.6 Å². The van der Waals surface area contributed by atoms with Crippen molar-refractivity contribution < 1.29 is 28.4 Å². The lowest BCUT2D eigenvalue weighted by atomic mass is 9.91. The molecule has 0 radical (unpaired) electrons. The lowest BCUT2D eigenvalue weighted by molar-refractivity contribution is -0.145. The summed E-state index contributed by atoms with van der Waals surface area (Å²) in [5.74, 6) is 1.91. The molecule has 300 valence electrons. The van der Waals surface area contributed by atoms with Crippen LogP contribution in [0.4, 0.5) is 0 Å². The molecular weight excluding hydrogens is 779 g/mol. The minimum atomic E-state index is -0.871. The Bertz CT molecular complexity index is 2450. The number of nitrogens with zero attached hydrogens (tertiary/aromatic N) is 5. The van der Waals surface area contributed by atoms with E-state index in [1.54, 1.807) is 24.3 Å². The highest BCUT2D eigenvalue weighted by molar-refractivity contribution is 6.32. The Balaban J connectivity index is 1.01. The molecule has 6 aromatic rings. The first-order valence-electron chi connectivity index (χ1n) is 19.6. The molecule has 8 rings (SSSR count). The number of carboxylic acid groups (broad SMARTS) is 1. The molecule has 0 spiro atoms. The Labute approximate surface area is 346 Å². The lowest BCUT2D eigenvalue weighted by Gasteiger charge is -2.34. The van der Waals surface area contributed by atoms with E-state index in [0.29, 0.717) is 75.7 Å². The third-order valence-corrected chi connectivity index (χ3v) is 10.9. The molecule has 0 amide bonds. The van der Waals surface area contributed by atoms with E-state index in [-0.39, 0.29) is 12.2 Å². The summed E-state index contributed by atoms with van der Waals surface area (Å²) >= 11 is 12.9. The smallest absolute Gasteiger partial charge is 0.322 e. The summed E-state index contributed by atoms with van der Waals surface area (Å²) in [5, 5.41) is 23.9. The van der Waals surface area contributed by atoms with Crippen LogP contribution in [0.1, 0.15) is 68.8 Å². The van der Waals surface area contributed by atoms with Crippen molar-refractivity contribution >= 4 is 29.2 Å².